The summed E-state index contributed by atoms with van der Waals surface area (Å²) in [4.78, 5) is 6.97. The fourth-order valence-corrected chi connectivity index (χ4v) is 3.29. The summed E-state index contributed by atoms with van der Waals surface area (Å²) in [6.07, 6.45) is 8.53. The van der Waals surface area contributed by atoms with E-state index in [0.717, 1.165) is 18.6 Å². The van der Waals surface area contributed by atoms with Crippen molar-refractivity contribution in [1.29, 1.82) is 5.41 Å². The van der Waals surface area contributed by atoms with Crippen LogP contribution in [0.15, 0.2) is 53.0 Å². The molecule has 0 aliphatic heterocycles. The number of nitrogens with one attached hydrogen (secondary N) is 1. The van der Waals surface area contributed by atoms with Crippen LogP contribution in [0.2, 0.25) is 0 Å². The van der Waals surface area contributed by atoms with Crippen molar-refractivity contribution in [2.45, 2.75) is 26.2 Å². The molecule has 4 N–H and O–H groups in total. The molecule has 1 aliphatic rings. The van der Waals surface area contributed by atoms with Crippen LogP contribution in [0.3, 0.4) is 0 Å². The number of aliphatic imine (C=N–C) groups is 1. The highest BCUT2D eigenvalue weighted by atomic mass is 16.5. The molecule has 0 radical (unpaired) electrons. The summed E-state index contributed by atoms with van der Waals surface area (Å²) in [6.45, 7) is 4.45. The Hall–Kier alpha value is -3.17. The predicted molar refractivity (Wildman–Crippen MR) is 126 cm³/mol. The Labute approximate surface area is 188 Å². The molecule has 0 unspecified atom stereocenters. The maximum atomic E-state index is 9.02. The molecular formula is C23H32N6O3. The van der Waals surface area contributed by atoms with Gasteiger partial charge in [0.1, 0.15) is 19.0 Å². The number of aliphatic hydroxyl groups is 1. The number of nitrogens with zero attached hydrogens (tertiary/aromatic N) is 4. The first-order valence-electron chi connectivity index (χ1n) is 10.9. The fraction of sp³-hybridized carbons (Fsp3) is 0.435. The Balaban J connectivity index is 1.83. The minimum Gasteiger partial charge on any atom is -0.489 e. The molecule has 2 aromatic rings. The molecule has 172 valence electrons. The van der Waals surface area contributed by atoms with Crippen molar-refractivity contribution < 1.29 is 14.6 Å². The minimum atomic E-state index is -0.144. The number of rotatable bonds is 12. The van der Waals surface area contributed by atoms with E-state index in [4.69, 9.17) is 30.7 Å². The van der Waals surface area contributed by atoms with E-state index < -0.39 is 0 Å². The van der Waals surface area contributed by atoms with Gasteiger partial charge in [0.15, 0.2) is 5.69 Å². The van der Waals surface area contributed by atoms with Crippen LogP contribution in [0.5, 0.6) is 5.88 Å². The standard InChI is InChI=1S/C23H32N6O3/c1-3-4-6-9-28(2)11-13-32-23-22(20-8-5-7-10-29(20)27-23)26-19-16-21(31-14-12-30)18(25)15-17(19)24/h5,7-8,10,15-16,25,30H,3-4,6,9,11-14,24H2,1-2H3/b25-18?,26-19+. The third-order valence-electron chi connectivity index (χ3n) is 5.05. The van der Waals surface area contributed by atoms with E-state index in [2.05, 4.69) is 24.0 Å². The van der Waals surface area contributed by atoms with E-state index in [0.29, 0.717) is 35.3 Å². The number of fused-ring (bicyclic) bond motifs is 1. The topological polar surface area (TPSA) is 121 Å². The van der Waals surface area contributed by atoms with Crippen LogP contribution in [-0.4, -0.2) is 71.0 Å². The summed E-state index contributed by atoms with van der Waals surface area (Å²) in [5, 5.41) is 21.6. The lowest BCUT2D eigenvalue weighted by atomic mass is 10.1. The van der Waals surface area contributed by atoms with Crippen LogP contribution >= 0.6 is 0 Å². The van der Waals surface area contributed by atoms with E-state index in [1.54, 1.807) is 10.6 Å². The molecule has 9 nitrogen and oxygen atoms in total. The Morgan fingerprint density at radius 3 is 2.81 bits per heavy atom. The lowest BCUT2D eigenvalue weighted by Gasteiger charge is -2.16. The van der Waals surface area contributed by atoms with Crippen molar-refractivity contribution in [3.63, 3.8) is 0 Å². The maximum Gasteiger partial charge on any atom is 0.260 e. The highest BCUT2D eigenvalue weighted by Crippen LogP contribution is 2.33. The maximum absolute atomic E-state index is 9.02. The number of aliphatic hydroxyl groups excluding tert-OH is 1. The molecule has 0 bridgehead atoms. The van der Waals surface area contributed by atoms with Gasteiger partial charge in [0, 0.05) is 18.8 Å². The number of pyridine rings is 1. The molecule has 2 aromatic heterocycles. The summed E-state index contributed by atoms with van der Waals surface area (Å²) in [7, 11) is 2.09. The van der Waals surface area contributed by atoms with Gasteiger partial charge in [0.25, 0.3) is 5.88 Å². The second kappa shape index (κ2) is 11.4. The predicted octanol–water partition coefficient (Wildman–Crippen LogP) is 2.68. The van der Waals surface area contributed by atoms with E-state index in [1.165, 1.54) is 25.3 Å². The monoisotopic (exact) mass is 440 g/mol. The number of hydrogen-bond donors (Lipinski definition) is 3. The van der Waals surface area contributed by atoms with Crippen molar-refractivity contribution in [1.82, 2.24) is 14.5 Å². The van der Waals surface area contributed by atoms with Crippen molar-refractivity contribution in [2.75, 3.05) is 40.0 Å². The molecule has 0 spiro atoms. The smallest absolute Gasteiger partial charge is 0.260 e. The molecule has 0 aromatic carbocycles. The Morgan fingerprint density at radius 2 is 2.03 bits per heavy atom. The van der Waals surface area contributed by atoms with Gasteiger partial charge in [-0.1, -0.05) is 25.8 Å². The molecule has 0 amide bonds. The normalized spacial score (nSPS) is 15.4. The quantitative estimate of drug-likeness (QED) is 0.345. The molecular weight excluding hydrogens is 408 g/mol. The van der Waals surface area contributed by atoms with Gasteiger partial charge in [0.05, 0.1) is 29.2 Å². The first kappa shape index (κ1) is 23.5. The van der Waals surface area contributed by atoms with Crippen molar-refractivity contribution in [2.24, 2.45) is 10.7 Å². The first-order chi connectivity index (χ1) is 15.5. The zero-order valence-corrected chi connectivity index (χ0v) is 18.8. The third-order valence-corrected chi connectivity index (χ3v) is 5.05. The van der Waals surface area contributed by atoms with Crippen LogP contribution in [0.4, 0.5) is 5.69 Å². The molecule has 0 atom stereocenters. The van der Waals surface area contributed by atoms with Gasteiger partial charge in [-0.2, -0.15) is 0 Å². The third kappa shape index (κ3) is 5.95. The van der Waals surface area contributed by atoms with E-state index >= 15 is 0 Å². The van der Waals surface area contributed by atoms with Crippen LogP contribution in [-0.2, 0) is 4.74 Å². The van der Waals surface area contributed by atoms with Gasteiger partial charge in [-0.3, -0.25) is 5.41 Å². The number of unbranched alkanes of at least 4 members (excludes halogenated alkanes) is 2. The number of likely N-dealkylation sites (N-methyl/N-ethyl adjacent to an activating group) is 1. The minimum absolute atomic E-state index is 0.0894. The number of nitrogens with two attached hydrogens (primary N) is 1. The number of allylic oxidation sites excluding steroid dienone is 2. The highest BCUT2D eigenvalue weighted by Gasteiger charge is 2.19. The van der Waals surface area contributed by atoms with E-state index in [9.17, 15) is 0 Å². The average Bonchev–Trinajstić information content (AvgIpc) is 3.12. The summed E-state index contributed by atoms with van der Waals surface area (Å²) in [5.41, 5.74) is 8.42. The number of hydrogen-bond acceptors (Lipinski definition) is 8. The lowest BCUT2D eigenvalue weighted by molar-refractivity contribution is 0.156. The van der Waals surface area contributed by atoms with Gasteiger partial charge in [-0.05, 0) is 38.2 Å². The summed E-state index contributed by atoms with van der Waals surface area (Å²) < 4.78 is 13.2. The number of ether oxygens (including phenoxy) is 2. The average molecular weight is 441 g/mol. The van der Waals surface area contributed by atoms with Gasteiger partial charge in [0.2, 0.25) is 0 Å². The SMILES string of the molecule is CCCCCN(C)CCOc1nn2ccccc2c1/N=C1\C=C(OCCO)C(=N)C=C1N. The van der Waals surface area contributed by atoms with Gasteiger partial charge in [-0.15, -0.1) is 5.10 Å². The largest absolute Gasteiger partial charge is 0.489 e. The van der Waals surface area contributed by atoms with Crippen molar-refractivity contribution in [3.05, 3.63) is 48.0 Å². The molecule has 0 fully saturated rings. The molecule has 1 aliphatic carbocycles. The molecule has 2 heterocycles. The van der Waals surface area contributed by atoms with Crippen LogP contribution < -0.4 is 10.5 Å². The Kier molecular flexibility index (Phi) is 8.41. The summed E-state index contributed by atoms with van der Waals surface area (Å²) in [6, 6.07) is 5.71. The Morgan fingerprint density at radius 1 is 1.19 bits per heavy atom. The van der Waals surface area contributed by atoms with Gasteiger partial charge in [-0.25, -0.2) is 9.51 Å². The zero-order valence-electron chi connectivity index (χ0n) is 18.8. The van der Waals surface area contributed by atoms with Crippen molar-refractivity contribution >= 4 is 22.6 Å². The van der Waals surface area contributed by atoms with E-state index in [1.807, 2.05) is 24.4 Å². The van der Waals surface area contributed by atoms with E-state index in [-0.39, 0.29) is 18.9 Å². The second-order valence-corrected chi connectivity index (χ2v) is 7.63. The van der Waals surface area contributed by atoms with Crippen molar-refractivity contribution in [3.8, 4) is 5.88 Å². The number of aromatic nitrogens is 2. The molecule has 9 heteroatoms. The molecule has 32 heavy (non-hydrogen) atoms. The summed E-state index contributed by atoms with van der Waals surface area (Å²) >= 11 is 0. The molecule has 0 saturated heterocycles. The van der Waals surface area contributed by atoms with Gasteiger partial charge < -0.3 is 25.2 Å². The Bertz CT molecular complexity index is 1020. The first-order valence-corrected chi connectivity index (χ1v) is 10.9. The molecule has 3 rings (SSSR count). The second-order valence-electron chi connectivity index (χ2n) is 7.63. The van der Waals surface area contributed by atoms with Gasteiger partial charge >= 0.3 is 0 Å². The highest BCUT2D eigenvalue weighted by molar-refractivity contribution is 6.22. The van der Waals surface area contributed by atoms with Crippen LogP contribution in [0.25, 0.3) is 5.52 Å². The van der Waals surface area contributed by atoms with Crippen LogP contribution in [0.1, 0.15) is 26.2 Å². The zero-order chi connectivity index (χ0) is 22.9. The van der Waals surface area contributed by atoms with Crippen LogP contribution in [0, 0.1) is 5.41 Å². The molecule has 0 saturated carbocycles. The lowest BCUT2D eigenvalue weighted by Crippen LogP contribution is -2.25. The fourth-order valence-electron chi connectivity index (χ4n) is 3.29. The summed E-state index contributed by atoms with van der Waals surface area (Å²) in [5.74, 6) is 0.727.